The van der Waals surface area contributed by atoms with Crippen LogP contribution >= 0.6 is 35.0 Å². The van der Waals surface area contributed by atoms with Crippen molar-refractivity contribution in [2.45, 2.75) is 58.0 Å². The van der Waals surface area contributed by atoms with Crippen molar-refractivity contribution >= 4 is 46.8 Å². The van der Waals surface area contributed by atoms with Crippen LogP contribution in [-0.4, -0.2) is 34.0 Å². The van der Waals surface area contributed by atoms with Gasteiger partial charge in [0.05, 0.1) is 0 Å². The molecule has 0 aliphatic carbocycles. The SMILES string of the molecule is CC(C(=O)NC(C)(C)C)N(Cc1ccc(Cl)cc1Cl)C(=O)CCSCc1ccccc1. The Morgan fingerprint density at radius 3 is 2.39 bits per heavy atom. The summed E-state index contributed by atoms with van der Waals surface area (Å²) in [6.45, 7) is 7.75. The lowest BCUT2D eigenvalue weighted by atomic mass is 10.1. The number of hydrogen-bond donors (Lipinski definition) is 1. The van der Waals surface area contributed by atoms with Gasteiger partial charge in [0.2, 0.25) is 11.8 Å². The van der Waals surface area contributed by atoms with Crippen LogP contribution in [0.25, 0.3) is 0 Å². The van der Waals surface area contributed by atoms with Crippen LogP contribution in [0.3, 0.4) is 0 Å². The highest BCUT2D eigenvalue weighted by Gasteiger charge is 2.28. The van der Waals surface area contributed by atoms with E-state index in [1.165, 1.54) is 5.56 Å². The number of thioether (sulfide) groups is 1. The van der Waals surface area contributed by atoms with Gasteiger partial charge in [-0.1, -0.05) is 59.6 Å². The molecule has 0 fully saturated rings. The molecular weight excluding hydrogens is 451 g/mol. The van der Waals surface area contributed by atoms with Crippen molar-refractivity contribution in [3.8, 4) is 0 Å². The number of rotatable bonds is 9. The molecule has 168 valence electrons. The normalized spacial score (nSPS) is 12.3. The van der Waals surface area contributed by atoms with Gasteiger partial charge < -0.3 is 10.2 Å². The first-order valence-electron chi connectivity index (χ1n) is 10.2. The summed E-state index contributed by atoms with van der Waals surface area (Å²) in [5.74, 6) is 1.25. The van der Waals surface area contributed by atoms with Crippen molar-refractivity contribution in [1.29, 1.82) is 0 Å². The Morgan fingerprint density at radius 2 is 1.77 bits per heavy atom. The summed E-state index contributed by atoms with van der Waals surface area (Å²) >= 11 is 14.0. The van der Waals surface area contributed by atoms with Crippen LogP contribution in [0.2, 0.25) is 10.0 Å². The smallest absolute Gasteiger partial charge is 0.242 e. The van der Waals surface area contributed by atoms with Gasteiger partial charge in [0.15, 0.2) is 0 Å². The molecular formula is C24H30Cl2N2O2S. The second-order valence-corrected chi connectivity index (χ2v) is 10.4. The highest BCUT2D eigenvalue weighted by molar-refractivity contribution is 7.98. The topological polar surface area (TPSA) is 49.4 Å². The third kappa shape index (κ3) is 8.76. The molecule has 0 radical (unpaired) electrons. The largest absolute Gasteiger partial charge is 0.350 e. The molecule has 2 amide bonds. The molecule has 0 saturated carbocycles. The van der Waals surface area contributed by atoms with Gasteiger partial charge in [-0.15, -0.1) is 0 Å². The van der Waals surface area contributed by atoms with E-state index in [0.29, 0.717) is 22.2 Å². The monoisotopic (exact) mass is 480 g/mol. The zero-order chi connectivity index (χ0) is 23.0. The minimum absolute atomic E-state index is 0.0804. The van der Waals surface area contributed by atoms with Crippen molar-refractivity contribution in [1.82, 2.24) is 10.2 Å². The lowest BCUT2D eigenvalue weighted by molar-refractivity contribution is -0.140. The Labute approximate surface area is 199 Å². The summed E-state index contributed by atoms with van der Waals surface area (Å²) in [7, 11) is 0. The van der Waals surface area contributed by atoms with E-state index in [4.69, 9.17) is 23.2 Å². The van der Waals surface area contributed by atoms with Crippen molar-refractivity contribution < 1.29 is 9.59 Å². The summed E-state index contributed by atoms with van der Waals surface area (Å²) in [6.07, 6.45) is 0.343. The highest BCUT2D eigenvalue weighted by Crippen LogP contribution is 2.24. The predicted molar refractivity (Wildman–Crippen MR) is 132 cm³/mol. The number of benzene rings is 2. The molecule has 0 spiro atoms. The number of nitrogens with one attached hydrogen (secondary N) is 1. The molecule has 1 unspecified atom stereocenters. The minimum Gasteiger partial charge on any atom is -0.350 e. The number of amides is 2. The van der Waals surface area contributed by atoms with Crippen LogP contribution in [0.5, 0.6) is 0 Å². The van der Waals surface area contributed by atoms with Crippen LogP contribution in [0, 0.1) is 0 Å². The molecule has 0 saturated heterocycles. The summed E-state index contributed by atoms with van der Waals surface area (Å²) < 4.78 is 0. The van der Waals surface area contributed by atoms with Crippen molar-refractivity contribution in [2.24, 2.45) is 0 Å². The Balaban J connectivity index is 2.07. The highest BCUT2D eigenvalue weighted by atomic mass is 35.5. The van der Waals surface area contributed by atoms with E-state index in [-0.39, 0.29) is 23.9 Å². The third-order valence-corrected chi connectivity index (χ3v) is 6.21. The number of halogens is 2. The first-order valence-corrected chi connectivity index (χ1v) is 12.1. The van der Waals surface area contributed by atoms with Crippen LogP contribution < -0.4 is 5.32 Å². The van der Waals surface area contributed by atoms with Crippen LogP contribution in [-0.2, 0) is 21.9 Å². The van der Waals surface area contributed by atoms with E-state index in [1.807, 2.05) is 39.0 Å². The zero-order valence-corrected chi connectivity index (χ0v) is 20.8. The molecule has 2 aromatic carbocycles. The lowest BCUT2D eigenvalue weighted by Gasteiger charge is -2.31. The summed E-state index contributed by atoms with van der Waals surface area (Å²) in [6, 6.07) is 14.7. The van der Waals surface area contributed by atoms with E-state index in [1.54, 1.807) is 41.8 Å². The quantitative estimate of drug-likeness (QED) is 0.451. The molecule has 31 heavy (non-hydrogen) atoms. The van der Waals surface area contributed by atoms with E-state index < -0.39 is 6.04 Å². The Morgan fingerprint density at radius 1 is 1.10 bits per heavy atom. The van der Waals surface area contributed by atoms with Crippen LogP contribution in [0.4, 0.5) is 0 Å². The molecule has 4 nitrogen and oxygen atoms in total. The molecule has 7 heteroatoms. The third-order valence-electron chi connectivity index (χ3n) is 4.59. The standard InChI is InChI=1S/C24H30Cl2N2O2S/c1-17(23(30)27-24(2,3)4)28(15-19-10-11-20(25)14-21(19)26)22(29)12-13-31-16-18-8-6-5-7-9-18/h5-11,14,17H,12-13,15-16H2,1-4H3,(H,27,30). The zero-order valence-electron chi connectivity index (χ0n) is 18.5. The average molecular weight is 481 g/mol. The van der Waals surface area contributed by atoms with Gasteiger partial charge in [0.25, 0.3) is 0 Å². The lowest BCUT2D eigenvalue weighted by Crippen LogP contribution is -2.52. The van der Waals surface area contributed by atoms with Gasteiger partial charge in [-0.3, -0.25) is 9.59 Å². The van der Waals surface area contributed by atoms with Gasteiger partial charge in [0.1, 0.15) is 6.04 Å². The first kappa shape index (κ1) is 25.6. The fourth-order valence-corrected chi connectivity index (χ4v) is 4.32. The molecule has 0 heterocycles. The van der Waals surface area contributed by atoms with E-state index in [0.717, 1.165) is 11.3 Å². The fourth-order valence-electron chi connectivity index (χ4n) is 2.96. The average Bonchev–Trinajstić information content (AvgIpc) is 2.69. The molecule has 0 aliphatic heterocycles. The second-order valence-electron chi connectivity index (χ2n) is 8.46. The van der Waals surface area contributed by atoms with E-state index >= 15 is 0 Å². The maximum Gasteiger partial charge on any atom is 0.242 e. The van der Waals surface area contributed by atoms with Crippen molar-refractivity contribution in [3.05, 3.63) is 69.7 Å². The van der Waals surface area contributed by atoms with Crippen molar-refractivity contribution in [3.63, 3.8) is 0 Å². The van der Waals surface area contributed by atoms with E-state index in [9.17, 15) is 9.59 Å². The van der Waals surface area contributed by atoms with Gasteiger partial charge in [-0.25, -0.2) is 0 Å². The number of nitrogens with zero attached hydrogens (tertiary/aromatic N) is 1. The van der Waals surface area contributed by atoms with Gasteiger partial charge in [0, 0.05) is 40.1 Å². The summed E-state index contributed by atoms with van der Waals surface area (Å²) in [4.78, 5) is 27.5. The van der Waals surface area contributed by atoms with Crippen molar-refractivity contribution in [2.75, 3.05) is 5.75 Å². The Bertz CT molecular complexity index is 885. The molecule has 1 N–H and O–H groups in total. The summed E-state index contributed by atoms with van der Waals surface area (Å²) in [5, 5.41) is 3.97. The molecule has 0 aromatic heterocycles. The molecule has 0 bridgehead atoms. The maximum atomic E-state index is 13.1. The first-order chi connectivity index (χ1) is 14.6. The Kier molecular flexibility index (Phi) is 9.73. The van der Waals surface area contributed by atoms with Gasteiger partial charge in [-0.2, -0.15) is 11.8 Å². The van der Waals surface area contributed by atoms with E-state index in [2.05, 4.69) is 17.4 Å². The minimum atomic E-state index is -0.627. The molecule has 2 aromatic rings. The Hall–Kier alpha value is -1.69. The number of carbonyl (C=O) groups is 2. The second kappa shape index (κ2) is 11.8. The summed E-state index contributed by atoms with van der Waals surface area (Å²) in [5.41, 5.74) is 1.60. The maximum absolute atomic E-state index is 13.1. The van der Waals surface area contributed by atoms with Gasteiger partial charge in [-0.05, 0) is 51.0 Å². The fraction of sp³-hybridized carbons (Fsp3) is 0.417. The molecule has 0 aliphatic rings. The number of carbonyl (C=O) groups excluding carboxylic acids is 2. The molecule has 1 atom stereocenters. The van der Waals surface area contributed by atoms with Crippen LogP contribution in [0.1, 0.15) is 45.2 Å². The molecule has 2 rings (SSSR count). The number of hydrogen-bond acceptors (Lipinski definition) is 3. The van der Waals surface area contributed by atoms with Gasteiger partial charge >= 0.3 is 0 Å². The predicted octanol–water partition coefficient (Wildman–Crippen LogP) is 5.95. The van der Waals surface area contributed by atoms with Crippen LogP contribution in [0.15, 0.2) is 48.5 Å².